The van der Waals surface area contributed by atoms with E-state index in [1.807, 2.05) is 11.4 Å². The molecule has 0 radical (unpaired) electrons. The van der Waals surface area contributed by atoms with Gasteiger partial charge in [0.05, 0.1) is 19.3 Å². The van der Waals surface area contributed by atoms with Crippen LogP contribution in [-0.4, -0.2) is 48.1 Å². The zero-order valence-corrected chi connectivity index (χ0v) is 13.8. The molecule has 1 aromatic carbocycles. The van der Waals surface area contributed by atoms with Crippen molar-refractivity contribution < 1.29 is 9.53 Å². The van der Waals surface area contributed by atoms with E-state index >= 15 is 0 Å². The molecule has 2 heterocycles. The Kier molecular flexibility index (Phi) is 5.74. The van der Waals surface area contributed by atoms with E-state index in [2.05, 4.69) is 39.5 Å². The number of morpholine rings is 1. The summed E-state index contributed by atoms with van der Waals surface area (Å²) in [6.07, 6.45) is 3.87. The molecule has 1 unspecified atom stereocenters. The predicted octanol–water partition coefficient (Wildman–Crippen LogP) is 2.42. The summed E-state index contributed by atoms with van der Waals surface area (Å²) >= 11 is 1.43. The van der Waals surface area contributed by atoms with E-state index < -0.39 is 0 Å². The van der Waals surface area contributed by atoms with Crippen molar-refractivity contribution in [1.82, 2.24) is 9.88 Å². The second kappa shape index (κ2) is 8.19. The quantitative estimate of drug-likeness (QED) is 0.883. The molecule has 0 spiro atoms. The Hall–Kier alpha value is -1.76. The van der Waals surface area contributed by atoms with Gasteiger partial charge in [-0.1, -0.05) is 30.3 Å². The molecule has 23 heavy (non-hydrogen) atoms. The van der Waals surface area contributed by atoms with E-state index in [1.54, 1.807) is 6.20 Å². The summed E-state index contributed by atoms with van der Waals surface area (Å²) in [6, 6.07) is 10.4. The highest BCUT2D eigenvalue weighted by atomic mass is 32.1. The minimum absolute atomic E-state index is 0.0105. The lowest BCUT2D eigenvalue weighted by Gasteiger charge is -2.32. The van der Waals surface area contributed by atoms with Crippen LogP contribution in [0.5, 0.6) is 0 Å². The standard InChI is InChI=1S/C17H21N3O2S/c21-16(19-17-18-8-11-23-17)13-20-9-10-22-15(12-20)7-6-14-4-2-1-3-5-14/h1-5,8,11,15H,6-7,9-10,12-13H2,(H,18,19,21). The van der Waals surface area contributed by atoms with Gasteiger partial charge in [-0.25, -0.2) is 4.98 Å². The summed E-state index contributed by atoms with van der Waals surface area (Å²) in [6.45, 7) is 2.68. The topological polar surface area (TPSA) is 54.5 Å². The molecule has 0 saturated carbocycles. The summed E-state index contributed by atoms with van der Waals surface area (Å²) in [7, 11) is 0. The molecular formula is C17H21N3O2S. The number of aromatic nitrogens is 1. The number of anilines is 1. The first-order valence-corrected chi connectivity index (χ1v) is 8.75. The number of thiazole rings is 1. The van der Waals surface area contributed by atoms with Crippen LogP contribution in [0.4, 0.5) is 5.13 Å². The molecule has 122 valence electrons. The van der Waals surface area contributed by atoms with Gasteiger partial charge in [0.25, 0.3) is 0 Å². The average Bonchev–Trinajstić information content (AvgIpc) is 3.07. The number of nitrogens with one attached hydrogen (secondary N) is 1. The monoisotopic (exact) mass is 331 g/mol. The number of hydrogen-bond donors (Lipinski definition) is 1. The van der Waals surface area contributed by atoms with Gasteiger partial charge in [-0.3, -0.25) is 9.69 Å². The van der Waals surface area contributed by atoms with Crippen LogP contribution < -0.4 is 5.32 Å². The van der Waals surface area contributed by atoms with Gasteiger partial charge in [-0.05, 0) is 18.4 Å². The van der Waals surface area contributed by atoms with Crippen LogP contribution in [0.25, 0.3) is 0 Å². The molecule has 1 saturated heterocycles. The van der Waals surface area contributed by atoms with Crippen molar-refractivity contribution in [3.05, 3.63) is 47.5 Å². The fraction of sp³-hybridized carbons (Fsp3) is 0.412. The highest BCUT2D eigenvalue weighted by Gasteiger charge is 2.22. The second-order valence-corrected chi connectivity index (χ2v) is 6.53. The molecule has 5 nitrogen and oxygen atoms in total. The normalized spacial score (nSPS) is 18.7. The van der Waals surface area contributed by atoms with Crippen molar-refractivity contribution in [3.8, 4) is 0 Å². The number of benzene rings is 1. The van der Waals surface area contributed by atoms with Crippen LogP contribution in [0.1, 0.15) is 12.0 Å². The second-order valence-electron chi connectivity index (χ2n) is 5.64. The molecule has 6 heteroatoms. The van der Waals surface area contributed by atoms with E-state index in [1.165, 1.54) is 16.9 Å². The van der Waals surface area contributed by atoms with E-state index in [0.717, 1.165) is 25.9 Å². The molecule has 1 N–H and O–H groups in total. The molecule has 1 amide bonds. The lowest BCUT2D eigenvalue weighted by atomic mass is 10.1. The largest absolute Gasteiger partial charge is 0.376 e. The highest BCUT2D eigenvalue weighted by Crippen LogP contribution is 2.14. The summed E-state index contributed by atoms with van der Waals surface area (Å²) in [5, 5.41) is 5.34. The summed E-state index contributed by atoms with van der Waals surface area (Å²) < 4.78 is 5.83. The Labute approximate surface area is 140 Å². The molecule has 2 aromatic rings. The van der Waals surface area contributed by atoms with Crippen molar-refractivity contribution in [1.29, 1.82) is 0 Å². The molecule has 1 atom stereocenters. The van der Waals surface area contributed by atoms with E-state index in [-0.39, 0.29) is 12.0 Å². The molecule has 1 aliphatic heterocycles. The maximum Gasteiger partial charge on any atom is 0.240 e. The minimum Gasteiger partial charge on any atom is -0.376 e. The lowest BCUT2D eigenvalue weighted by molar-refractivity contribution is -0.119. The van der Waals surface area contributed by atoms with Gasteiger partial charge in [0.1, 0.15) is 0 Å². The first kappa shape index (κ1) is 16.1. The Morgan fingerprint density at radius 1 is 1.39 bits per heavy atom. The first-order valence-electron chi connectivity index (χ1n) is 7.87. The number of rotatable bonds is 6. The molecular weight excluding hydrogens is 310 g/mol. The molecule has 1 fully saturated rings. The third-order valence-corrected chi connectivity index (χ3v) is 4.56. The van der Waals surface area contributed by atoms with Gasteiger partial charge in [0, 0.05) is 24.7 Å². The first-order chi connectivity index (χ1) is 11.3. The number of ether oxygens (including phenoxy) is 1. The zero-order chi connectivity index (χ0) is 15.9. The molecule has 1 aliphatic rings. The lowest BCUT2D eigenvalue weighted by Crippen LogP contribution is -2.45. The van der Waals surface area contributed by atoms with Crippen molar-refractivity contribution >= 4 is 22.4 Å². The van der Waals surface area contributed by atoms with Crippen LogP contribution >= 0.6 is 11.3 Å². The Bertz CT molecular complexity index is 604. The molecule has 0 bridgehead atoms. The van der Waals surface area contributed by atoms with Crippen LogP contribution in [0.3, 0.4) is 0 Å². The van der Waals surface area contributed by atoms with Crippen molar-refractivity contribution in [2.24, 2.45) is 0 Å². The third kappa shape index (κ3) is 5.13. The fourth-order valence-corrected chi connectivity index (χ4v) is 3.26. The van der Waals surface area contributed by atoms with Crippen molar-refractivity contribution in [2.45, 2.75) is 18.9 Å². The Morgan fingerprint density at radius 2 is 2.26 bits per heavy atom. The average molecular weight is 331 g/mol. The maximum atomic E-state index is 12.0. The van der Waals surface area contributed by atoms with E-state index in [0.29, 0.717) is 18.3 Å². The molecule has 3 rings (SSSR count). The Balaban J connectivity index is 1.43. The van der Waals surface area contributed by atoms with Gasteiger partial charge < -0.3 is 10.1 Å². The summed E-state index contributed by atoms with van der Waals surface area (Å²) in [5.74, 6) is -0.0105. The van der Waals surface area contributed by atoms with Crippen LogP contribution in [0.15, 0.2) is 41.9 Å². The fourth-order valence-electron chi connectivity index (χ4n) is 2.72. The SMILES string of the molecule is O=C(CN1CCOC(CCc2ccccc2)C1)Nc1nccs1. The predicted molar refractivity (Wildman–Crippen MR) is 91.7 cm³/mol. The number of carbonyl (C=O) groups is 1. The van der Waals surface area contributed by atoms with Gasteiger partial charge in [0.2, 0.25) is 5.91 Å². The zero-order valence-electron chi connectivity index (χ0n) is 13.0. The minimum atomic E-state index is -0.0105. The highest BCUT2D eigenvalue weighted by molar-refractivity contribution is 7.13. The smallest absolute Gasteiger partial charge is 0.240 e. The number of nitrogens with zero attached hydrogens (tertiary/aromatic N) is 2. The maximum absolute atomic E-state index is 12.0. The number of amides is 1. The summed E-state index contributed by atoms with van der Waals surface area (Å²) in [5.41, 5.74) is 1.33. The number of hydrogen-bond acceptors (Lipinski definition) is 5. The number of carbonyl (C=O) groups excluding carboxylic acids is 1. The van der Waals surface area contributed by atoms with Gasteiger partial charge in [-0.2, -0.15) is 0 Å². The summed E-state index contributed by atoms with van der Waals surface area (Å²) in [4.78, 5) is 18.3. The third-order valence-electron chi connectivity index (χ3n) is 3.87. The van der Waals surface area contributed by atoms with Gasteiger partial charge in [0.15, 0.2) is 5.13 Å². The van der Waals surface area contributed by atoms with E-state index in [9.17, 15) is 4.79 Å². The van der Waals surface area contributed by atoms with Crippen molar-refractivity contribution in [2.75, 3.05) is 31.6 Å². The Morgan fingerprint density at radius 3 is 3.04 bits per heavy atom. The molecule has 1 aromatic heterocycles. The van der Waals surface area contributed by atoms with E-state index in [4.69, 9.17) is 4.74 Å². The van der Waals surface area contributed by atoms with Crippen LogP contribution in [0.2, 0.25) is 0 Å². The molecule has 0 aliphatic carbocycles. The number of aryl methyl sites for hydroxylation is 1. The van der Waals surface area contributed by atoms with Crippen LogP contribution in [-0.2, 0) is 16.0 Å². The van der Waals surface area contributed by atoms with Crippen molar-refractivity contribution in [3.63, 3.8) is 0 Å². The van der Waals surface area contributed by atoms with Gasteiger partial charge >= 0.3 is 0 Å². The van der Waals surface area contributed by atoms with Crippen LogP contribution in [0, 0.1) is 0 Å². The van der Waals surface area contributed by atoms with Gasteiger partial charge in [-0.15, -0.1) is 11.3 Å².